The van der Waals surface area contributed by atoms with Gasteiger partial charge in [0.05, 0.1) is 22.6 Å². The number of aliphatic hydroxyl groups is 1. The van der Waals surface area contributed by atoms with E-state index in [9.17, 15) is 28.4 Å². The number of non-ortho nitro benzene ring substituents is 1. The van der Waals surface area contributed by atoms with Gasteiger partial charge in [-0.1, -0.05) is 0 Å². The summed E-state index contributed by atoms with van der Waals surface area (Å²) in [6.07, 6.45) is -1.06. The van der Waals surface area contributed by atoms with E-state index in [1.165, 1.54) is 13.8 Å². The van der Waals surface area contributed by atoms with Crippen LogP contribution in [0.3, 0.4) is 0 Å². The molecule has 1 aromatic carbocycles. The van der Waals surface area contributed by atoms with Crippen molar-refractivity contribution in [3.8, 4) is 0 Å². The number of carbonyl (C=O) groups excluding carboxylic acids is 1. The number of sulfonamides is 1. The van der Waals surface area contributed by atoms with Crippen molar-refractivity contribution < 1.29 is 23.2 Å². The Kier molecular flexibility index (Phi) is 3.26. The Hall–Kier alpha value is -2.00. The SMILES string of the molecule is CC(O)C(C)N1C(=O)c2ccc([N+](=O)[O-])cc2S1(=O)=O. The molecule has 1 N–H and O–H groups in total. The number of rotatable bonds is 3. The Morgan fingerprint density at radius 3 is 2.45 bits per heavy atom. The molecule has 1 aliphatic heterocycles. The summed E-state index contributed by atoms with van der Waals surface area (Å²) in [6.45, 7) is 2.75. The lowest BCUT2D eigenvalue weighted by molar-refractivity contribution is -0.385. The van der Waals surface area contributed by atoms with E-state index < -0.39 is 43.6 Å². The van der Waals surface area contributed by atoms with Crippen molar-refractivity contribution in [1.29, 1.82) is 0 Å². The van der Waals surface area contributed by atoms with Crippen LogP contribution in [-0.2, 0) is 10.0 Å². The quantitative estimate of drug-likeness (QED) is 0.641. The van der Waals surface area contributed by atoms with Crippen molar-refractivity contribution in [3.05, 3.63) is 33.9 Å². The molecule has 0 aliphatic carbocycles. The number of benzene rings is 1. The fraction of sp³-hybridized carbons (Fsp3) is 0.364. The average Bonchev–Trinajstić information content (AvgIpc) is 2.56. The Balaban J connectivity index is 2.62. The molecule has 2 unspecified atom stereocenters. The van der Waals surface area contributed by atoms with Gasteiger partial charge in [0.25, 0.3) is 21.6 Å². The number of amides is 1. The minimum atomic E-state index is -4.18. The fourth-order valence-electron chi connectivity index (χ4n) is 1.95. The van der Waals surface area contributed by atoms with Gasteiger partial charge in [-0.2, -0.15) is 0 Å². The molecule has 1 heterocycles. The van der Waals surface area contributed by atoms with Crippen molar-refractivity contribution in [2.45, 2.75) is 30.9 Å². The summed E-state index contributed by atoms with van der Waals surface area (Å²) in [5.41, 5.74) is -0.533. The molecule has 108 valence electrons. The lowest BCUT2D eigenvalue weighted by atomic mass is 10.1. The van der Waals surface area contributed by atoms with E-state index in [0.29, 0.717) is 4.31 Å². The van der Waals surface area contributed by atoms with E-state index in [1.54, 1.807) is 0 Å². The first-order valence-electron chi connectivity index (χ1n) is 5.73. The molecule has 0 bridgehead atoms. The first kappa shape index (κ1) is 14.4. The maximum absolute atomic E-state index is 12.3. The van der Waals surface area contributed by atoms with Crippen LogP contribution in [0.15, 0.2) is 23.1 Å². The van der Waals surface area contributed by atoms with Gasteiger partial charge in [-0.3, -0.25) is 14.9 Å². The molecular weight excluding hydrogens is 288 g/mol. The normalized spacial score (nSPS) is 19.6. The van der Waals surface area contributed by atoms with Crippen molar-refractivity contribution >= 4 is 21.6 Å². The van der Waals surface area contributed by atoms with Crippen molar-refractivity contribution in [1.82, 2.24) is 4.31 Å². The van der Waals surface area contributed by atoms with E-state index in [-0.39, 0.29) is 5.56 Å². The minimum absolute atomic E-state index is 0.122. The highest BCUT2D eigenvalue weighted by atomic mass is 32.2. The smallest absolute Gasteiger partial charge is 0.270 e. The maximum atomic E-state index is 12.3. The van der Waals surface area contributed by atoms with E-state index in [2.05, 4.69) is 0 Å². The lowest BCUT2D eigenvalue weighted by Gasteiger charge is -2.25. The fourth-order valence-corrected chi connectivity index (χ4v) is 3.79. The van der Waals surface area contributed by atoms with Gasteiger partial charge in [0, 0.05) is 12.1 Å². The van der Waals surface area contributed by atoms with Crippen LogP contribution in [0, 0.1) is 10.1 Å². The molecule has 0 radical (unpaired) electrons. The molecule has 2 rings (SSSR count). The maximum Gasteiger partial charge on any atom is 0.270 e. The number of nitrogens with zero attached hydrogens (tertiary/aromatic N) is 2. The number of aliphatic hydroxyl groups excluding tert-OH is 1. The number of fused-ring (bicyclic) bond motifs is 1. The van der Waals surface area contributed by atoms with E-state index in [1.807, 2.05) is 0 Å². The number of nitro groups is 1. The standard InChI is InChI=1S/C11H12N2O6S/c1-6(7(2)14)12-11(15)9-4-3-8(13(16)17)5-10(9)20(12,18)19/h3-7,14H,1-2H3. The van der Waals surface area contributed by atoms with Crippen molar-refractivity contribution in [2.24, 2.45) is 0 Å². The van der Waals surface area contributed by atoms with Crippen LogP contribution in [0.4, 0.5) is 5.69 Å². The zero-order chi connectivity index (χ0) is 15.2. The average molecular weight is 300 g/mol. The van der Waals surface area contributed by atoms with Crippen LogP contribution in [0.25, 0.3) is 0 Å². The summed E-state index contributed by atoms with van der Waals surface area (Å²) in [5.74, 6) is -0.789. The third-order valence-corrected chi connectivity index (χ3v) is 5.12. The van der Waals surface area contributed by atoms with Crippen molar-refractivity contribution in [3.63, 3.8) is 0 Å². The second-order valence-corrected chi connectivity index (χ2v) is 6.31. The van der Waals surface area contributed by atoms with E-state index >= 15 is 0 Å². The van der Waals surface area contributed by atoms with Crippen LogP contribution >= 0.6 is 0 Å². The Morgan fingerprint density at radius 2 is 1.95 bits per heavy atom. The summed E-state index contributed by atoms with van der Waals surface area (Å²) in [6, 6.07) is 2.08. The zero-order valence-electron chi connectivity index (χ0n) is 10.7. The van der Waals surface area contributed by atoms with Gasteiger partial charge >= 0.3 is 0 Å². The van der Waals surface area contributed by atoms with Gasteiger partial charge in [0.1, 0.15) is 4.90 Å². The van der Waals surface area contributed by atoms with Crippen molar-refractivity contribution in [2.75, 3.05) is 0 Å². The summed E-state index contributed by atoms with van der Waals surface area (Å²) < 4.78 is 25.1. The first-order chi connectivity index (χ1) is 9.17. The van der Waals surface area contributed by atoms with Crippen LogP contribution in [0.5, 0.6) is 0 Å². The van der Waals surface area contributed by atoms with E-state index in [4.69, 9.17) is 0 Å². The second kappa shape index (κ2) is 4.53. The Morgan fingerprint density at radius 1 is 1.35 bits per heavy atom. The Labute approximate surface area is 114 Å². The third kappa shape index (κ3) is 1.95. The summed E-state index contributed by atoms with van der Waals surface area (Å²) in [4.78, 5) is 21.7. The largest absolute Gasteiger partial charge is 0.391 e. The van der Waals surface area contributed by atoms with Gasteiger partial charge in [-0.15, -0.1) is 0 Å². The van der Waals surface area contributed by atoms with Crippen LogP contribution in [0.1, 0.15) is 24.2 Å². The topological polar surface area (TPSA) is 118 Å². The predicted molar refractivity (Wildman–Crippen MR) is 67.6 cm³/mol. The molecule has 20 heavy (non-hydrogen) atoms. The second-order valence-electron chi connectivity index (χ2n) is 4.52. The van der Waals surface area contributed by atoms with Gasteiger partial charge in [-0.25, -0.2) is 12.7 Å². The molecular formula is C11H12N2O6S. The summed E-state index contributed by atoms with van der Waals surface area (Å²) in [7, 11) is -4.18. The number of nitro benzene ring substituents is 1. The molecule has 0 fully saturated rings. The molecule has 0 saturated carbocycles. The van der Waals surface area contributed by atoms with Crippen LogP contribution in [-0.4, -0.2) is 40.8 Å². The summed E-state index contributed by atoms with van der Waals surface area (Å²) >= 11 is 0. The highest BCUT2D eigenvalue weighted by Crippen LogP contribution is 2.34. The molecule has 2 atom stereocenters. The summed E-state index contributed by atoms with van der Waals surface area (Å²) in [5, 5.41) is 20.2. The molecule has 0 spiro atoms. The highest BCUT2D eigenvalue weighted by molar-refractivity contribution is 7.90. The minimum Gasteiger partial charge on any atom is -0.391 e. The Bertz CT molecular complexity index is 697. The van der Waals surface area contributed by atoms with Crippen LogP contribution < -0.4 is 0 Å². The molecule has 0 aromatic heterocycles. The monoisotopic (exact) mass is 300 g/mol. The van der Waals surface area contributed by atoms with Gasteiger partial charge in [0.2, 0.25) is 0 Å². The molecule has 8 nitrogen and oxygen atoms in total. The molecule has 1 amide bonds. The predicted octanol–water partition coefficient (Wildman–Crippen LogP) is 0.509. The van der Waals surface area contributed by atoms with Gasteiger partial charge in [-0.05, 0) is 19.9 Å². The highest BCUT2D eigenvalue weighted by Gasteiger charge is 2.45. The molecule has 1 aliphatic rings. The first-order valence-corrected chi connectivity index (χ1v) is 7.17. The van der Waals surface area contributed by atoms with Gasteiger partial charge < -0.3 is 5.11 Å². The molecule has 1 aromatic rings. The van der Waals surface area contributed by atoms with Gasteiger partial charge in [0.15, 0.2) is 0 Å². The molecule has 9 heteroatoms. The number of carbonyl (C=O) groups is 1. The third-order valence-electron chi connectivity index (χ3n) is 3.21. The molecule has 0 saturated heterocycles. The van der Waals surface area contributed by atoms with E-state index in [0.717, 1.165) is 18.2 Å². The lowest BCUT2D eigenvalue weighted by Crippen LogP contribution is -2.43. The number of hydrogen-bond acceptors (Lipinski definition) is 6. The van der Waals surface area contributed by atoms with Crippen LogP contribution in [0.2, 0.25) is 0 Å². The number of hydrogen-bond donors (Lipinski definition) is 1. The zero-order valence-corrected chi connectivity index (χ0v) is 11.5.